The molecule has 0 bridgehead atoms. The fourth-order valence-electron chi connectivity index (χ4n) is 5.30. The van der Waals surface area contributed by atoms with E-state index in [1.165, 1.54) is 18.5 Å². The van der Waals surface area contributed by atoms with Gasteiger partial charge in [0.1, 0.15) is 5.82 Å². The standard InChI is InChI=1S/C30H33N7O4S/c1-29(2)17-30(3,37(4)28(29)39)18-34-26-8-6-7-23(36-26)24-10-9-19-14-32-21(12-25(19)35-24)15-33-27(38)20-11-22(16-31-13-20)42(5,40)41/h6-14,16H,15,17-18H2,1-5H3,(H,33,38)(H,34,36). The average Bonchev–Trinajstić information content (AvgIpc) is 3.12. The molecule has 1 saturated heterocycles. The van der Waals surface area contributed by atoms with Gasteiger partial charge >= 0.3 is 0 Å². The van der Waals surface area contributed by atoms with Gasteiger partial charge in [-0.15, -0.1) is 0 Å². The number of nitrogens with zero attached hydrogens (tertiary/aromatic N) is 5. The molecule has 4 aromatic heterocycles. The van der Waals surface area contributed by atoms with Crippen molar-refractivity contribution in [1.82, 2.24) is 30.2 Å². The molecule has 4 aromatic rings. The molecule has 0 spiro atoms. The minimum absolute atomic E-state index is 0.0253. The third-order valence-electron chi connectivity index (χ3n) is 7.64. The van der Waals surface area contributed by atoms with Crippen LogP contribution in [0.2, 0.25) is 0 Å². The van der Waals surface area contributed by atoms with Gasteiger partial charge in [-0.25, -0.2) is 18.4 Å². The maximum absolute atomic E-state index is 12.6. The highest BCUT2D eigenvalue weighted by Gasteiger charge is 2.50. The van der Waals surface area contributed by atoms with Gasteiger partial charge in [-0.05, 0) is 49.7 Å². The third kappa shape index (κ3) is 5.94. The van der Waals surface area contributed by atoms with Crippen molar-refractivity contribution in [3.8, 4) is 11.4 Å². The van der Waals surface area contributed by atoms with Crippen LogP contribution in [0, 0.1) is 5.41 Å². The molecule has 11 nitrogen and oxygen atoms in total. The fraction of sp³-hybridized carbons (Fsp3) is 0.333. The number of sulfone groups is 1. The van der Waals surface area contributed by atoms with E-state index in [0.29, 0.717) is 35.0 Å². The van der Waals surface area contributed by atoms with E-state index in [9.17, 15) is 18.0 Å². The lowest BCUT2D eigenvalue weighted by atomic mass is 9.84. The monoisotopic (exact) mass is 587 g/mol. The van der Waals surface area contributed by atoms with E-state index in [-0.39, 0.29) is 28.4 Å². The number of pyridine rings is 4. The molecule has 218 valence electrons. The van der Waals surface area contributed by atoms with Crippen LogP contribution in [0.15, 0.2) is 66.0 Å². The smallest absolute Gasteiger partial charge is 0.253 e. The Bertz CT molecular complexity index is 1810. The van der Waals surface area contributed by atoms with Crippen molar-refractivity contribution in [2.45, 2.75) is 44.2 Å². The number of aromatic nitrogens is 4. The van der Waals surface area contributed by atoms with E-state index >= 15 is 0 Å². The van der Waals surface area contributed by atoms with Crippen LogP contribution in [-0.2, 0) is 21.2 Å². The zero-order valence-electron chi connectivity index (χ0n) is 24.2. The summed E-state index contributed by atoms with van der Waals surface area (Å²) >= 11 is 0. The predicted molar refractivity (Wildman–Crippen MR) is 159 cm³/mol. The Morgan fingerprint density at radius 2 is 1.79 bits per heavy atom. The topological polar surface area (TPSA) is 147 Å². The number of hydrogen-bond acceptors (Lipinski definition) is 9. The molecule has 0 radical (unpaired) electrons. The highest BCUT2D eigenvalue weighted by Crippen LogP contribution is 2.41. The minimum Gasteiger partial charge on any atom is -0.368 e. The number of amides is 2. The van der Waals surface area contributed by atoms with Gasteiger partial charge in [-0.1, -0.05) is 19.9 Å². The second-order valence-corrected chi connectivity index (χ2v) is 13.6. The number of fused-ring (bicyclic) bond motifs is 1. The Morgan fingerprint density at radius 3 is 2.50 bits per heavy atom. The summed E-state index contributed by atoms with van der Waals surface area (Å²) in [6.07, 6.45) is 6.02. The zero-order valence-corrected chi connectivity index (χ0v) is 25.0. The summed E-state index contributed by atoms with van der Waals surface area (Å²) in [5.41, 5.74) is 2.06. The van der Waals surface area contributed by atoms with E-state index in [1.54, 1.807) is 12.3 Å². The van der Waals surface area contributed by atoms with Gasteiger partial charge in [-0.2, -0.15) is 0 Å². The van der Waals surface area contributed by atoms with Crippen LogP contribution < -0.4 is 10.6 Å². The quantitative estimate of drug-likeness (QED) is 0.316. The number of likely N-dealkylation sites (N-methyl/N-ethyl adjacent to an activating group) is 1. The number of rotatable bonds is 8. The lowest BCUT2D eigenvalue weighted by Crippen LogP contribution is -2.45. The van der Waals surface area contributed by atoms with Crippen molar-refractivity contribution in [3.05, 3.63) is 72.3 Å². The first-order valence-electron chi connectivity index (χ1n) is 13.4. The van der Waals surface area contributed by atoms with E-state index in [4.69, 9.17) is 9.97 Å². The molecule has 1 aliphatic heterocycles. The van der Waals surface area contributed by atoms with E-state index in [0.717, 1.165) is 18.1 Å². The van der Waals surface area contributed by atoms with Gasteiger partial charge in [0.2, 0.25) is 5.91 Å². The first-order valence-corrected chi connectivity index (χ1v) is 15.3. The Morgan fingerprint density at radius 1 is 1.02 bits per heavy atom. The average molecular weight is 588 g/mol. The normalized spacial score (nSPS) is 18.3. The first-order chi connectivity index (χ1) is 19.7. The van der Waals surface area contributed by atoms with Crippen molar-refractivity contribution in [2.75, 3.05) is 25.2 Å². The number of carbonyl (C=O) groups is 2. The summed E-state index contributed by atoms with van der Waals surface area (Å²) in [5.74, 6) is 0.366. The molecular formula is C30H33N7O4S. The largest absolute Gasteiger partial charge is 0.368 e. The Balaban J connectivity index is 1.29. The van der Waals surface area contributed by atoms with Gasteiger partial charge in [0.15, 0.2) is 9.84 Å². The van der Waals surface area contributed by atoms with Crippen molar-refractivity contribution in [3.63, 3.8) is 0 Å². The molecule has 5 heterocycles. The summed E-state index contributed by atoms with van der Waals surface area (Å²) in [6, 6.07) is 12.6. The van der Waals surface area contributed by atoms with Gasteiger partial charge in [0.25, 0.3) is 5.91 Å². The maximum atomic E-state index is 12.6. The molecule has 42 heavy (non-hydrogen) atoms. The molecule has 2 amide bonds. The van der Waals surface area contributed by atoms with Gasteiger partial charge in [0, 0.05) is 49.2 Å². The van der Waals surface area contributed by atoms with Crippen molar-refractivity contribution < 1.29 is 18.0 Å². The SMILES string of the molecule is CN1C(=O)C(C)(C)CC1(C)CNc1cccc(-c2ccc3cnc(CNC(=O)c4cncc(S(C)(=O)=O)c4)cc3n2)n1. The lowest BCUT2D eigenvalue weighted by Gasteiger charge is -2.32. The molecule has 12 heteroatoms. The molecule has 5 rings (SSSR count). The summed E-state index contributed by atoms with van der Waals surface area (Å²) in [6.45, 7) is 6.73. The van der Waals surface area contributed by atoms with Crippen LogP contribution in [0.25, 0.3) is 22.3 Å². The summed E-state index contributed by atoms with van der Waals surface area (Å²) in [5, 5.41) is 6.99. The fourth-order valence-corrected chi connectivity index (χ4v) is 5.89. The Kier molecular flexibility index (Phi) is 7.44. The molecule has 2 N–H and O–H groups in total. The molecule has 0 aromatic carbocycles. The first kappa shape index (κ1) is 29.1. The number of hydrogen-bond donors (Lipinski definition) is 2. The number of nitrogens with one attached hydrogen (secondary N) is 2. The van der Waals surface area contributed by atoms with Crippen LogP contribution in [0.5, 0.6) is 0 Å². The minimum atomic E-state index is -3.49. The van der Waals surface area contributed by atoms with Crippen molar-refractivity contribution in [2.24, 2.45) is 5.41 Å². The van der Waals surface area contributed by atoms with Crippen molar-refractivity contribution >= 4 is 38.4 Å². The zero-order chi connectivity index (χ0) is 30.3. The summed E-state index contributed by atoms with van der Waals surface area (Å²) in [4.78, 5) is 44.9. The van der Waals surface area contributed by atoms with Crippen molar-refractivity contribution in [1.29, 1.82) is 0 Å². The number of anilines is 1. The molecule has 0 saturated carbocycles. The van der Waals surface area contributed by atoms with Gasteiger partial charge < -0.3 is 15.5 Å². The van der Waals surface area contributed by atoms with E-state index in [2.05, 4.69) is 27.5 Å². The summed E-state index contributed by atoms with van der Waals surface area (Å²) < 4.78 is 23.6. The number of likely N-dealkylation sites (tertiary alicyclic amines) is 1. The second-order valence-electron chi connectivity index (χ2n) is 11.6. The molecule has 1 aliphatic rings. The number of carbonyl (C=O) groups excluding carboxylic acids is 2. The molecule has 0 aliphatic carbocycles. The van der Waals surface area contributed by atoms with E-state index in [1.807, 2.05) is 56.1 Å². The molecular weight excluding hydrogens is 554 g/mol. The highest BCUT2D eigenvalue weighted by atomic mass is 32.2. The third-order valence-corrected chi connectivity index (χ3v) is 8.72. The van der Waals surface area contributed by atoms with Gasteiger partial charge in [0.05, 0.1) is 45.1 Å². The Hall–Kier alpha value is -4.45. The van der Waals surface area contributed by atoms with Crippen LogP contribution in [0.3, 0.4) is 0 Å². The maximum Gasteiger partial charge on any atom is 0.253 e. The van der Waals surface area contributed by atoms with Crippen LogP contribution in [0.4, 0.5) is 5.82 Å². The van der Waals surface area contributed by atoms with Crippen LogP contribution >= 0.6 is 0 Å². The Labute approximate surface area is 244 Å². The van der Waals surface area contributed by atoms with Gasteiger partial charge in [-0.3, -0.25) is 19.6 Å². The lowest BCUT2D eigenvalue weighted by molar-refractivity contribution is -0.135. The van der Waals surface area contributed by atoms with Crippen LogP contribution in [-0.4, -0.2) is 70.5 Å². The van der Waals surface area contributed by atoms with Crippen LogP contribution in [0.1, 0.15) is 43.2 Å². The molecule has 1 unspecified atom stereocenters. The second kappa shape index (κ2) is 10.8. The predicted octanol–water partition coefficient (Wildman–Crippen LogP) is 3.48. The molecule has 1 atom stereocenters. The summed E-state index contributed by atoms with van der Waals surface area (Å²) in [7, 11) is -1.63. The van der Waals surface area contributed by atoms with E-state index < -0.39 is 21.2 Å². The highest BCUT2D eigenvalue weighted by molar-refractivity contribution is 7.90. The molecule has 1 fully saturated rings.